The normalized spacial score (nSPS) is 12.1. The van der Waals surface area contributed by atoms with E-state index < -0.39 is 17.3 Å². The van der Waals surface area contributed by atoms with Crippen LogP contribution in [0.1, 0.15) is 35.9 Å². The minimum Gasteiger partial charge on any atom is -0.464 e. The van der Waals surface area contributed by atoms with Gasteiger partial charge in [0.15, 0.2) is 5.82 Å². The van der Waals surface area contributed by atoms with Gasteiger partial charge in [-0.1, -0.05) is 5.16 Å². The molecule has 8 heteroatoms. The second-order valence-electron chi connectivity index (χ2n) is 6.62. The van der Waals surface area contributed by atoms with Crippen LogP contribution in [0.4, 0.5) is 4.39 Å². The first-order valence-corrected chi connectivity index (χ1v) is 7.73. The topological polar surface area (TPSA) is 84.4 Å². The van der Waals surface area contributed by atoms with E-state index in [9.17, 15) is 9.18 Å². The number of hydrogen-bond donors (Lipinski definition) is 1. The molecule has 0 spiro atoms. The van der Waals surface area contributed by atoms with Crippen LogP contribution in [-0.2, 0) is 12.1 Å². The number of aromatic nitrogens is 2. The Bertz CT molecular complexity index is 914. The third-order valence-corrected chi connectivity index (χ3v) is 3.67. The summed E-state index contributed by atoms with van der Waals surface area (Å²) in [6.45, 7) is 3.98. The summed E-state index contributed by atoms with van der Waals surface area (Å²) in [7, 11) is 3.77. The summed E-state index contributed by atoms with van der Waals surface area (Å²) in [5.74, 6) is -0.209. The Labute approximate surface area is 143 Å². The molecule has 25 heavy (non-hydrogen) atoms. The summed E-state index contributed by atoms with van der Waals surface area (Å²) in [6, 6.07) is 4.06. The average Bonchev–Trinajstić information content (AvgIpc) is 3.14. The number of halogens is 1. The third-order valence-electron chi connectivity index (χ3n) is 3.67. The highest BCUT2D eigenvalue weighted by Gasteiger charge is 2.30. The molecule has 0 aliphatic heterocycles. The second kappa shape index (κ2) is 6.29. The van der Waals surface area contributed by atoms with Crippen LogP contribution >= 0.6 is 0 Å². The number of hydrogen-bond acceptors (Lipinski definition) is 6. The fourth-order valence-electron chi connectivity index (χ4n) is 2.46. The zero-order valence-electron chi connectivity index (χ0n) is 14.5. The average molecular weight is 346 g/mol. The number of amides is 1. The van der Waals surface area contributed by atoms with Crippen molar-refractivity contribution in [3.63, 3.8) is 0 Å². The molecule has 1 aromatic carbocycles. The van der Waals surface area contributed by atoms with E-state index in [-0.39, 0.29) is 5.56 Å². The SMILES string of the molecule is CN(C)Cc1nc(C(C)(C)NC(=O)c2cc(F)cc3ccoc23)no1. The van der Waals surface area contributed by atoms with E-state index in [2.05, 4.69) is 15.5 Å². The first-order valence-electron chi connectivity index (χ1n) is 7.73. The van der Waals surface area contributed by atoms with Crippen LogP contribution in [0, 0.1) is 5.82 Å². The van der Waals surface area contributed by atoms with E-state index >= 15 is 0 Å². The van der Waals surface area contributed by atoms with Crippen LogP contribution in [-0.4, -0.2) is 35.0 Å². The van der Waals surface area contributed by atoms with Crippen molar-refractivity contribution in [3.05, 3.63) is 47.6 Å². The van der Waals surface area contributed by atoms with E-state index in [1.807, 2.05) is 19.0 Å². The molecular formula is C17H19FN4O3. The van der Waals surface area contributed by atoms with Crippen molar-refractivity contribution in [2.75, 3.05) is 14.1 Å². The van der Waals surface area contributed by atoms with Crippen molar-refractivity contribution in [1.29, 1.82) is 0 Å². The van der Waals surface area contributed by atoms with Gasteiger partial charge in [-0.25, -0.2) is 4.39 Å². The Kier molecular flexibility index (Phi) is 4.30. The maximum atomic E-state index is 13.7. The van der Waals surface area contributed by atoms with Crippen LogP contribution in [0.3, 0.4) is 0 Å². The number of furan rings is 1. The van der Waals surface area contributed by atoms with E-state index in [1.54, 1.807) is 19.9 Å². The number of nitrogens with zero attached hydrogens (tertiary/aromatic N) is 3. The van der Waals surface area contributed by atoms with Gasteiger partial charge in [0.05, 0.1) is 23.9 Å². The van der Waals surface area contributed by atoms with Gasteiger partial charge in [0.2, 0.25) is 5.89 Å². The van der Waals surface area contributed by atoms with Crippen molar-refractivity contribution < 1.29 is 18.1 Å². The summed E-state index contributed by atoms with van der Waals surface area (Å²) in [5, 5.41) is 7.26. The van der Waals surface area contributed by atoms with Gasteiger partial charge in [0, 0.05) is 5.39 Å². The van der Waals surface area contributed by atoms with E-state index in [0.29, 0.717) is 29.2 Å². The number of fused-ring (bicyclic) bond motifs is 1. The fraction of sp³-hybridized carbons (Fsp3) is 0.353. The predicted molar refractivity (Wildman–Crippen MR) is 88.4 cm³/mol. The standard InChI is InChI=1S/C17H19FN4O3/c1-17(2,16-19-13(25-21-16)9-22(3)4)20-15(23)12-8-11(18)7-10-5-6-24-14(10)12/h5-8H,9H2,1-4H3,(H,20,23). The number of carbonyl (C=O) groups excluding carboxylic acids is 1. The number of benzene rings is 1. The Morgan fingerprint density at radius 3 is 2.84 bits per heavy atom. The Morgan fingerprint density at radius 1 is 1.36 bits per heavy atom. The van der Waals surface area contributed by atoms with Crippen molar-refractivity contribution in [3.8, 4) is 0 Å². The van der Waals surface area contributed by atoms with Crippen LogP contribution in [0.25, 0.3) is 11.0 Å². The molecule has 0 saturated carbocycles. The minimum absolute atomic E-state index is 0.116. The van der Waals surface area contributed by atoms with E-state index in [1.165, 1.54) is 12.3 Å². The zero-order chi connectivity index (χ0) is 18.2. The lowest BCUT2D eigenvalue weighted by Crippen LogP contribution is -2.42. The highest BCUT2D eigenvalue weighted by atomic mass is 19.1. The molecule has 0 radical (unpaired) electrons. The first-order chi connectivity index (χ1) is 11.8. The Hall–Kier alpha value is -2.74. The lowest BCUT2D eigenvalue weighted by molar-refractivity contribution is 0.0907. The van der Waals surface area contributed by atoms with Crippen LogP contribution in [0.5, 0.6) is 0 Å². The quantitative estimate of drug-likeness (QED) is 0.765. The van der Waals surface area contributed by atoms with Crippen molar-refractivity contribution in [1.82, 2.24) is 20.4 Å². The molecule has 1 N–H and O–H groups in total. The molecule has 0 bridgehead atoms. The second-order valence-corrected chi connectivity index (χ2v) is 6.62. The van der Waals surface area contributed by atoms with E-state index in [4.69, 9.17) is 8.94 Å². The van der Waals surface area contributed by atoms with Gasteiger partial charge < -0.3 is 19.2 Å². The summed E-state index contributed by atoms with van der Waals surface area (Å²) >= 11 is 0. The summed E-state index contributed by atoms with van der Waals surface area (Å²) in [6.07, 6.45) is 1.42. The molecule has 0 fully saturated rings. The van der Waals surface area contributed by atoms with Gasteiger partial charge in [0.1, 0.15) is 11.4 Å². The van der Waals surface area contributed by atoms with Crippen molar-refractivity contribution in [2.24, 2.45) is 0 Å². The molecule has 0 atom stereocenters. The lowest BCUT2D eigenvalue weighted by atomic mass is 10.0. The first kappa shape index (κ1) is 17.1. The molecule has 2 aromatic heterocycles. The van der Waals surface area contributed by atoms with Gasteiger partial charge in [-0.15, -0.1) is 0 Å². The number of carbonyl (C=O) groups is 1. The number of rotatable bonds is 5. The van der Waals surface area contributed by atoms with Gasteiger partial charge >= 0.3 is 0 Å². The molecule has 3 aromatic rings. The van der Waals surface area contributed by atoms with Crippen LogP contribution in [0.15, 0.2) is 33.4 Å². The summed E-state index contributed by atoms with van der Waals surface area (Å²) in [4.78, 5) is 18.8. The zero-order valence-corrected chi connectivity index (χ0v) is 14.5. The third kappa shape index (κ3) is 3.53. The molecule has 0 unspecified atom stereocenters. The lowest BCUT2D eigenvalue weighted by Gasteiger charge is -2.22. The monoisotopic (exact) mass is 346 g/mol. The highest BCUT2D eigenvalue weighted by molar-refractivity contribution is 6.05. The molecule has 2 heterocycles. The van der Waals surface area contributed by atoms with Crippen LogP contribution < -0.4 is 5.32 Å². The molecule has 0 aliphatic carbocycles. The van der Waals surface area contributed by atoms with Crippen LogP contribution in [0.2, 0.25) is 0 Å². The molecule has 0 saturated heterocycles. The highest BCUT2D eigenvalue weighted by Crippen LogP contribution is 2.24. The van der Waals surface area contributed by atoms with Crippen molar-refractivity contribution >= 4 is 16.9 Å². The maximum absolute atomic E-state index is 13.7. The van der Waals surface area contributed by atoms with E-state index in [0.717, 1.165) is 6.07 Å². The largest absolute Gasteiger partial charge is 0.464 e. The predicted octanol–water partition coefficient (Wildman–Crippen LogP) is 2.68. The maximum Gasteiger partial charge on any atom is 0.255 e. The molecule has 0 aliphatic rings. The van der Waals surface area contributed by atoms with Gasteiger partial charge in [-0.2, -0.15) is 4.98 Å². The van der Waals surface area contributed by atoms with Gasteiger partial charge in [-0.3, -0.25) is 4.79 Å². The molecule has 7 nitrogen and oxygen atoms in total. The smallest absolute Gasteiger partial charge is 0.255 e. The van der Waals surface area contributed by atoms with Gasteiger partial charge in [0.25, 0.3) is 5.91 Å². The molecule has 1 amide bonds. The summed E-state index contributed by atoms with van der Waals surface area (Å²) < 4.78 is 24.3. The molecule has 132 valence electrons. The Balaban J connectivity index is 1.85. The van der Waals surface area contributed by atoms with Gasteiger partial charge in [-0.05, 0) is 46.1 Å². The molecular weight excluding hydrogens is 327 g/mol. The summed E-state index contributed by atoms with van der Waals surface area (Å²) in [5.41, 5.74) is -0.461. The fourth-order valence-corrected chi connectivity index (χ4v) is 2.46. The number of nitrogens with one attached hydrogen (secondary N) is 1. The minimum atomic E-state index is -0.906. The van der Waals surface area contributed by atoms with Crippen molar-refractivity contribution in [2.45, 2.75) is 25.9 Å². The molecule has 3 rings (SSSR count). The Morgan fingerprint density at radius 2 is 2.12 bits per heavy atom.